The number of anilines is 1. The first-order valence-corrected chi connectivity index (χ1v) is 14.1. The number of piperazine rings is 1. The molecule has 10 nitrogen and oxygen atoms in total. The van der Waals surface area contributed by atoms with E-state index in [-0.39, 0.29) is 11.9 Å². The summed E-state index contributed by atoms with van der Waals surface area (Å²) in [6.45, 7) is 6.38. The number of amides is 1. The number of likely N-dealkylation sites (N-methyl/N-ethyl adjacent to an activating group) is 1. The van der Waals surface area contributed by atoms with Crippen LogP contribution < -0.4 is 10.5 Å². The van der Waals surface area contributed by atoms with Gasteiger partial charge < -0.3 is 25.2 Å². The number of hydrogen-bond donors (Lipinski definition) is 1. The third kappa shape index (κ3) is 5.64. The fourth-order valence-corrected chi connectivity index (χ4v) is 5.62. The highest BCUT2D eigenvalue weighted by atomic mass is 16.5. The molecule has 0 radical (unpaired) electrons. The maximum Gasteiger partial charge on any atom is 0.223 e. The summed E-state index contributed by atoms with van der Waals surface area (Å²) in [6.07, 6.45) is 3.88. The van der Waals surface area contributed by atoms with Crippen molar-refractivity contribution in [3.05, 3.63) is 60.9 Å². The predicted octanol–water partition coefficient (Wildman–Crippen LogP) is 3.67. The summed E-state index contributed by atoms with van der Waals surface area (Å²) >= 11 is 0. The van der Waals surface area contributed by atoms with Gasteiger partial charge in [-0.3, -0.25) is 4.79 Å². The van der Waals surface area contributed by atoms with Crippen molar-refractivity contribution < 1.29 is 9.53 Å². The molecule has 2 fully saturated rings. The lowest BCUT2D eigenvalue weighted by atomic mass is 10.1. The lowest BCUT2D eigenvalue weighted by Gasteiger charge is -2.35. The molecule has 2 aliphatic rings. The van der Waals surface area contributed by atoms with Gasteiger partial charge in [-0.1, -0.05) is 18.2 Å². The topological polar surface area (TPSA) is 106 Å². The van der Waals surface area contributed by atoms with E-state index in [1.54, 1.807) is 0 Å². The number of carbonyl (C=O) groups is 1. The molecule has 0 unspecified atom stereocenters. The molecule has 1 atom stereocenters. The summed E-state index contributed by atoms with van der Waals surface area (Å²) in [5, 5.41) is 5.75. The minimum absolute atomic E-state index is 0.0209. The normalized spacial score (nSPS) is 18.7. The van der Waals surface area contributed by atoms with E-state index in [1.165, 1.54) is 6.33 Å². The van der Waals surface area contributed by atoms with Gasteiger partial charge in [0.1, 0.15) is 29.3 Å². The standard InChI is InChI=1S/C30H36N8O2/c1-35-16-18-36(19-17-35)15-13-26(39)37-14-5-6-23(20-37)38-30-27(29(31)32-21-33-30)28(34-38)22-9-11-25(12-10-22)40-24-7-3-2-4-8-24/h2-4,7-12,21,23H,5-6,13-20H2,1H3,(H2,31,32,33)/t23-/m1/s1. The molecular weight excluding hydrogens is 504 g/mol. The number of hydrogen-bond acceptors (Lipinski definition) is 8. The fourth-order valence-electron chi connectivity index (χ4n) is 5.62. The fraction of sp³-hybridized carbons (Fsp3) is 0.400. The quantitative estimate of drug-likeness (QED) is 0.379. The summed E-state index contributed by atoms with van der Waals surface area (Å²) in [5.74, 6) is 2.12. The number of aromatic nitrogens is 4. The number of fused-ring (bicyclic) bond motifs is 1. The van der Waals surface area contributed by atoms with Gasteiger partial charge in [0.05, 0.1) is 11.4 Å². The van der Waals surface area contributed by atoms with Gasteiger partial charge in [0.2, 0.25) is 5.91 Å². The molecule has 10 heteroatoms. The Kier molecular flexibility index (Phi) is 7.61. The molecule has 2 aliphatic heterocycles. The molecule has 2 aromatic carbocycles. The molecule has 40 heavy (non-hydrogen) atoms. The maximum atomic E-state index is 13.2. The number of piperidine rings is 1. The Bertz CT molecular complexity index is 1450. The second kappa shape index (κ2) is 11.6. The van der Waals surface area contributed by atoms with Gasteiger partial charge in [0.15, 0.2) is 5.65 Å². The zero-order chi connectivity index (χ0) is 27.5. The Labute approximate surface area is 234 Å². The molecule has 208 valence electrons. The van der Waals surface area contributed by atoms with Crippen LogP contribution in [0.1, 0.15) is 25.3 Å². The number of nitrogens with zero attached hydrogens (tertiary/aromatic N) is 7. The first kappa shape index (κ1) is 26.2. The van der Waals surface area contributed by atoms with E-state index < -0.39 is 0 Å². The first-order chi connectivity index (χ1) is 19.5. The molecule has 2 aromatic heterocycles. The van der Waals surface area contributed by atoms with E-state index in [1.807, 2.05) is 64.2 Å². The Hall–Kier alpha value is -4.02. The van der Waals surface area contributed by atoms with Crippen molar-refractivity contribution in [1.29, 1.82) is 0 Å². The molecule has 2 saturated heterocycles. The second-order valence-electron chi connectivity index (χ2n) is 10.7. The van der Waals surface area contributed by atoms with Gasteiger partial charge in [0.25, 0.3) is 0 Å². The summed E-state index contributed by atoms with van der Waals surface area (Å²) in [6, 6.07) is 17.5. The molecule has 0 bridgehead atoms. The zero-order valence-corrected chi connectivity index (χ0v) is 22.9. The van der Waals surface area contributed by atoms with Crippen LogP contribution in [0, 0.1) is 0 Å². The van der Waals surface area contributed by atoms with E-state index in [4.69, 9.17) is 15.6 Å². The number of rotatable bonds is 7. The predicted molar refractivity (Wildman–Crippen MR) is 155 cm³/mol. The number of para-hydroxylation sites is 1. The van der Waals surface area contributed by atoms with Crippen LogP contribution in [-0.4, -0.2) is 93.2 Å². The van der Waals surface area contributed by atoms with Crippen molar-refractivity contribution in [2.24, 2.45) is 0 Å². The molecule has 6 rings (SSSR count). The van der Waals surface area contributed by atoms with Gasteiger partial charge in [0, 0.05) is 57.8 Å². The third-order valence-corrected chi connectivity index (χ3v) is 7.96. The molecule has 0 spiro atoms. The molecule has 0 aliphatic carbocycles. The van der Waals surface area contributed by atoms with E-state index in [0.29, 0.717) is 24.4 Å². The third-order valence-electron chi connectivity index (χ3n) is 7.96. The summed E-state index contributed by atoms with van der Waals surface area (Å²) in [4.78, 5) is 28.8. The number of benzene rings is 2. The van der Waals surface area contributed by atoms with Crippen molar-refractivity contribution in [3.63, 3.8) is 0 Å². The molecule has 0 saturated carbocycles. The maximum absolute atomic E-state index is 13.2. The molecule has 4 aromatic rings. The Balaban J connectivity index is 1.20. The van der Waals surface area contributed by atoms with Gasteiger partial charge in [-0.05, 0) is 56.3 Å². The number of ether oxygens (including phenoxy) is 1. The Morgan fingerprint density at radius 1 is 0.975 bits per heavy atom. The lowest BCUT2D eigenvalue weighted by molar-refractivity contribution is -0.133. The smallest absolute Gasteiger partial charge is 0.223 e. The van der Waals surface area contributed by atoms with Gasteiger partial charge in [-0.25, -0.2) is 14.6 Å². The molecular formula is C30H36N8O2. The largest absolute Gasteiger partial charge is 0.457 e. The van der Waals surface area contributed by atoms with E-state index in [2.05, 4.69) is 26.8 Å². The monoisotopic (exact) mass is 540 g/mol. The van der Waals surface area contributed by atoms with Crippen molar-refractivity contribution >= 4 is 22.8 Å². The average Bonchev–Trinajstić information content (AvgIpc) is 3.39. The van der Waals surface area contributed by atoms with Gasteiger partial charge in [-0.2, -0.15) is 5.10 Å². The van der Waals surface area contributed by atoms with Gasteiger partial charge in [-0.15, -0.1) is 0 Å². The van der Waals surface area contributed by atoms with Crippen molar-refractivity contribution in [2.75, 3.05) is 58.6 Å². The summed E-state index contributed by atoms with van der Waals surface area (Å²) in [5.41, 5.74) is 8.70. The number of likely N-dealkylation sites (tertiary alicyclic amines) is 1. The molecule has 2 N–H and O–H groups in total. The van der Waals surface area contributed by atoms with Crippen LogP contribution in [-0.2, 0) is 4.79 Å². The highest BCUT2D eigenvalue weighted by Gasteiger charge is 2.29. The molecule has 4 heterocycles. The first-order valence-electron chi connectivity index (χ1n) is 14.1. The SMILES string of the molecule is CN1CCN(CCC(=O)N2CCC[C@@H](n3nc(-c4ccc(Oc5ccccc5)cc4)c4c(N)ncnc43)C2)CC1. The van der Waals surface area contributed by atoms with E-state index in [0.717, 1.165) is 80.3 Å². The van der Waals surface area contributed by atoms with Gasteiger partial charge >= 0.3 is 0 Å². The number of nitrogens with two attached hydrogens (primary N) is 1. The van der Waals surface area contributed by atoms with Crippen LogP contribution in [0.5, 0.6) is 11.5 Å². The van der Waals surface area contributed by atoms with Crippen LogP contribution in [0.3, 0.4) is 0 Å². The van der Waals surface area contributed by atoms with Crippen LogP contribution in [0.4, 0.5) is 5.82 Å². The van der Waals surface area contributed by atoms with Crippen molar-refractivity contribution in [1.82, 2.24) is 34.4 Å². The highest BCUT2D eigenvalue weighted by molar-refractivity contribution is 5.98. The van der Waals surface area contributed by atoms with Crippen LogP contribution in [0.25, 0.3) is 22.3 Å². The van der Waals surface area contributed by atoms with Crippen LogP contribution in [0.2, 0.25) is 0 Å². The van der Waals surface area contributed by atoms with Crippen LogP contribution >= 0.6 is 0 Å². The van der Waals surface area contributed by atoms with Crippen LogP contribution in [0.15, 0.2) is 60.9 Å². The number of carbonyl (C=O) groups excluding carboxylic acids is 1. The number of nitrogen functional groups attached to an aromatic ring is 1. The Morgan fingerprint density at radius 2 is 1.73 bits per heavy atom. The van der Waals surface area contributed by atoms with E-state index >= 15 is 0 Å². The van der Waals surface area contributed by atoms with Crippen molar-refractivity contribution in [2.45, 2.75) is 25.3 Å². The minimum atomic E-state index is 0.0209. The minimum Gasteiger partial charge on any atom is -0.457 e. The highest BCUT2D eigenvalue weighted by Crippen LogP contribution is 2.35. The molecule has 1 amide bonds. The second-order valence-corrected chi connectivity index (χ2v) is 10.7. The summed E-state index contributed by atoms with van der Waals surface area (Å²) in [7, 11) is 2.15. The zero-order valence-electron chi connectivity index (χ0n) is 22.9. The van der Waals surface area contributed by atoms with Crippen molar-refractivity contribution in [3.8, 4) is 22.8 Å². The van der Waals surface area contributed by atoms with E-state index in [9.17, 15) is 4.79 Å². The lowest BCUT2D eigenvalue weighted by Crippen LogP contribution is -2.46. The summed E-state index contributed by atoms with van der Waals surface area (Å²) < 4.78 is 7.92. The average molecular weight is 541 g/mol. The Morgan fingerprint density at radius 3 is 2.50 bits per heavy atom.